The van der Waals surface area contributed by atoms with Gasteiger partial charge in [0, 0.05) is 0 Å². The van der Waals surface area contributed by atoms with Gasteiger partial charge in [-0.05, 0) is 37.3 Å². The van der Waals surface area contributed by atoms with Gasteiger partial charge in [0.2, 0.25) is 0 Å². The lowest BCUT2D eigenvalue weighted by atomic mass is 10.1. The Morgan fingerprint density at radius 3 is 2.76 bits per heavy atom. The number of ether oxygens (including phenoxy) is 1. The number of hydrogen-bond acceptors (Lipinski definition) is 5. The summed E-state index contributed by atoms with van der Waals surface area (Å²) >= 11 is 0. The third kappa shape index (κ3) is 2.31. The van der Waals surface area contributed by atoms with Crippen LogP contribution in [0.3, 0.4) is 0 Å². The Kier molecular flexibility index (Phi) is 3.06. The Balaban J connectivity index is 2.21. The topological polar surface area (TPSA) is 85.2 Å². The van der Waals surface area contributed by atoms with Crippen molar-refractivity contribution in [3.05, 3.63) is 52.0 Å². The number of aryl methyl sites for hydroxylation is 1. The van der Waals surface area contributed by atoms with E-state index in [1.807, 2.05) is 0 Å². The third-order valence-corrected chi connectivity index (χ3v) is 3.10. The van der Waals surface area contributed by atoms with E-state index in [9.17, 15) is 9.59 Å². The number of carbonyl (C=O) groups excluding carboxylic acids is 1. The SMILES string of the molecule is COC(=O)c1ccc2c(=O)[nH]c(-c3ccc(C)o3)nc2c1. The minimum Gasteiger partial charge on any atom is -0.465 e. The van der Waals surface area contributed by atoms with Crippen LogP contribution in [0.25, 0.3) is 22.5 Å². The predicted octanol–water partition coefficient (Wildman–Crippen LogP) is 2.28. The number of benzene rings is 1. The van der Waals surface area contributed by atoms with E-state index in [2.05, 4.69) is 14.7 Å². The maximum absolute atomic E-state index is 12.1. The van der Waals surface area contributed by atoms with E-state index in [0.29, 0.717) is 28.1 Å². The summed E-state index contributed by atoms with van der Waals surface area (Å²) in [4.78, 5) is 30.6. The molecule has 0 aliphatic heterocycles. The number of rotatable bonds is 2. The minimum absolute atomic E-state index is 0.291. The molecule has 0 spiro atoms. The van der Waals surface area contributed by atoms with Crippen molar-refractivity contribution < 1.29 is 13.9 Å². The van der Waals surface area contributed by atoms with Crippen LogP contribution in [0.2, 0.25) is 0 Å². The van der Waals surface area contributed by atoms with Crippen molar-refractivity contribution in [1.82, 2.24) is 9.97 Å². The highest BCUT2D eigenvalue weighted by Crippen LogP contribution is 2.19. The molecule has 3 rings (SSSR count). The maximum Gasteiger partial charge on any atom is 0.337 e. The van der Waals surface area contributed by atoms with E-state index in [-0.39, 0.29) is 5.56 Å². The van der Waals surface area contributed by atoms with Crippen LogP contribution in [0.15, 0.2) is 39.5 Å². The molecule has 6 heteroatoms. The standard InChI is InChI=1S/C15H12N2O4/c1-8-3-6-12(21-8)13-16-11-7-9(15(19)20-2)4-5-10(11)14(18)17-13/h3-7H,1-2H3,(H,16,17,18). The van der Waals surface area contributed by atoms with E-state index in [4.69, 9.17) is 4.42 Å². The lowest BCUT2D eigenvalue weighted by Crippen LogP contribution is -2.10. The van der Waals surface area contributed by atoms with Crippen LogP contribution in [-0.2, 0) is 4.74 Å². The van der Waals surface area contributed by atoms with Crippen LogP contribution in [0.4, 0.5) is 0 Å². The lowest BCUT2D eigenvalue weighted by molar-refractivity contribution is 0.0601. The molecule has 0 amide bonds. The number of hydrogen-bond donors (Lipinski definition) is 1. The largest absolute Gasteiger partial charge is 0.465 e. The summed E-state index contributed by atoms with van der Waals surface area (Å²) in [5.41, 5.74) is 0.454. The molecule has 0 aliphatic carbocycles. The van der Waals surface area contributed by atoms with Gasteiger partial charge in [-0.1, -0.05) is 0 Å². The normalized spacial score (nSPS) is 10.8. The number of esters is 1. The summed E-state index contributed by atoms with van der Waals surface area (Å²) in [6, 6.07) is 8.11. The number of carbonyl (C=O) groups is 1. The number of H-pyrrole nitrogens is 1. The molecule has 6 nitrogen and oxygen atoms in total. The van der Waals surface area contributed by atoms with Gasteiger partial charge in [0.25, 0.3) is 5.56 Å². The van der Waals surface area contributed by atoms with Gasteiger partial charge >= 0.3 is 5.97 Å². The van der Waals surface area contributed by atoms with Gasteiger partial charge in [-0.25, -0.2) is 9.78 Å². The molecule has 0 unspecified atom stereocenters. The fourth-order valence-electron chi connectivity index (χ4n) is 2.06. The molecule has 0 aliphatic rings. The van der Waals surface area contributed by atoms with E-state index in [0.717, 1.165) is 5.76 Å². The quantitative estimate of drug-likeness (QED) is 0.730. The van der Waals surface area contributed by atoms with Gasteiger partial charge in [0.15, 0.2) is 11.6 Å². The molecule has 0 saturated heterocycles. The van der Waals surface area contributed by atoms with Gasteiger partial charge in [0.1, 0.15) is 5.76 Å². The Morgan fingerprint density at radius 1 is 1.29 bits per heavy atom. The molecule has 106 valence electrons. The molecule has 21 heavy (non-hydrogen) atoms. The van der Waals surface area contributed by atoms with Crippen LogP contribution >= 0.6 is 0 Å². The highest BCUT2D eigenvalue weighted by atomic mass is 16.5. The van der Waals surface area contributed by atoms with Crippen LogP contribution in [0, 0.1) is 6.92 Å². The fourth-order valence-corrected chi connectivity index (χ4v) is 2.06. The first-order chi connectivity index (χ1) is 10.1. The molecule has 0 fully saturated rings. The first-order valence-electron chi connectivity index (χ1n) is 6.27. The summed E-state index contributed by atoms with van der Waals surface area (Å²) in [5.74, 6) is 1.03. The molecule has 1 aromatic carbocycles. The average Bonchev–Trinajstić information content (AvgIpc) is 2.92. The second-order valence-corrected chi connectivity index (χ2v) is 4.55. The Morgan fingerprint density at radius 2 is 2.10 bits per heavy atom. The van der Waals surface area contributed by atoms with E-state index < -0.39 is 5.97 Å². The summed E-state index contributed by atoms with van der Waals surface area (Å²) < 4.78 is 10.1. The van der Waals surface area contributed by atoms with E-state index in [1.165, 1.54) is 19.2 Å². The van der Waals surface area contributed by atoms with Crippen molar-refractivity contribution >= 4 is 16.9 Å². The molecular weight excluding hydrogens is 272 g/mol. The average molecular weight is 284 g/mol. The van der Waals surface area contributed by atoms with Crippen molar-refractivity contribution in [3.63, 3.8) is 0 Å². The maximum atomic E-state index is 12.1. The second-order valence-electron chi connectivity index (χ2n) is 4.55. The zero-order valence-electron chi connectivity index (χ0n) is 11.5. The first kappa shape index (κ1) is 13.1. The molecule has 2 aromatic heterocycles. The summed E-state index contributed by atoms with van der Waals surface area (Å²) in [5, 5.41) is 0.398. The van der Waals surface area contributed by atoms with E-state index in [1.54, 1.807) is 25.1 Å². The van der Waals surface area contributed by atoms with Gasteiger partial charge in [-0.3, -0.25) is 4.79 Å². The summed E-state index contributed by atoms with van der Waals surface area (Å²) in [6.45, 7) is 1.80. The highest BCUT2D eigenvalue weighted by Gasteiger charge is 2.12. The van der Waals surface area contributed by atoms with Gasteiger partial charge in [-0.2, -0.15) is 0 Å². The number of methoxy groups -OCH3 is 1. The number of nitrogens with one attached hydrogen (secondary N) is 1. The molecule has 2 heterocycles. The number of fused-ring (bicyclic) bond motifs is 1. The van der Waals surface area contributed by atoms with Gasteiger partial charge in [0.05, 0.1) is 23.6 Å². The number of aromatic nitrogens is 2. The smallest absolute Gasteiger partial charge is 0.337 e. The summed E-state index contributed by atoms with van der Waals surface area (Å²) in [7, 11) is 1.30. The number of furan rings is 1. The minimum atomic E-state index is -0.477. The van der Waals surface area contributed by atoms with Crippen molar-refractivity contribution in [2.75, 3.05) is 7.11 Å². The van der Waals surface area contributed by atoms with Crippen molar-refractivity contribution in [2.24, 2.45) is 0 Å². The molecule has 0 saturated carbocycles. The van der Waals surface area contributed by atoms with Crippen molar-refractivity contribution in [2.45, 2.75) is 6.92 Å². The first-order valence-corrected chi connectivity index (χ1v) is 6.27. The molecule has 0 radical (unpaired) electrons. The number of nitrogens with zero attached hydrogens (tertiary/aromatic N) is 1. The van der Waals surface area contributed by atoms with Crippen LogP contribution in [0.5, 0.6) is 0 Å². The van der Waals surface area contributed by atoms with Gasteiger partial charge in [-0.15, -0.1) is 0 Å². The monoisotopic (exact) mass is 284 g/mol. The molecule has 0 bridgehead atoms. The molecule has 0 atom stereocenters. The van der Waals surface area contributed by atoms with Crippen LogP contribution in [0.1, 0.15) is 16.1 Å². The van der Waals surface area contributed by atoms with E-state index >= 15 is 0 Å². The van der Waals surface area contributed by atoms with Crippen LogP contribution in [-0.4, -0.2) is 23.0 Å². The van der Waals surface area contributed by atoms with Crippen LogP contribution < -0.4 is 5.56 Å². The Labute approximate surface area is 119 Å². The highest BCUT2D eigenvalue weighted by molar-refractivity contribution is 5.94. The molecular formula is C15H12N2O4. The molecule has 1 N–H and O–H groups in total. The molecule has 3 aromatic rings. The second kappa shape index (κ2) is 4.90. The number of aromatic amines is 1. The Hall–Kier alpha value is -2.89. The zero-order valence-corrected chi connectivity index (χ0v) is 11.5. The Bertz CT molecular complexity index is 892. The fraction of sp³-hybridized carbons (Fsp3) is 0.133. The third-order valence-electron chi connectivity index (χ3n) is 3.10. The van der Waals surface area contributed by atoms with Crippen molar-refractivity contribution in [1.29, 1.82) is 0 Å². The summed E-state index contributed by atoms with van der Waals surface area (Å²) in [6.07, 6.45) is 0. The predicted molar refractivity (Wildman–Crippen MR) is 76.1 cm³/mol. The van der Waals surface area contributed by atoms with Crippen molar-refractivity contribution in [3.8, 4) is 11.6 Å². The van der Waals surface area contributed by atoms with Gasteiger partial charge < -0.3 is 14.1 Å². The lowest BCUT2D eigenvalue weighted by Gasteiger charge is -2.03. The zero-order chi connectivity index (χ0) is 15.0.